The van der Waals surface area contributed by atoms with E-state index in [0.717, 1.165) is 11.3 Å². The highest BCUT2D eigenvalue weighted by Crippen LogP contribution is 2.31. The Kier molecular flexibility index (Phi) is 5.47. The summed E-state index contributed by atoms with van der Waals surface area (Å²) in [6, 6.07) is 9.39. The smallest absolute Gasteiger partial charge is 0.378 e. The number of hydrogen-bond donors (Lipinski definition) is 1. The van der Waals surface area contributed by atoms with Crippen molar-refractivity contribution in [2.75, 3.05) is 31.4 Å². The summed E-state index contributed by atoms with van der Waals surface area (Å²) < 4.78 is 1.53. The van der Waals surface area contributed by atoms with E-state index in [1.165, 1.54) is 11.7 Å². The molecule has 0 spiro atoms. The Hall–Kier alpha value is -2.96. The summed E-state index contributed by atoms with van der Waals surface area (Å²) in [6.07, 6.45) is 1.76. The number of amides is 1. The molecule has 0 unspecified atom stereocenters. The average Bonchev–Trinajstić information content (AvgIpc) is 2.53. The first-order chi connectivity index (χ1) is 11.4. The number of benzene rings is 1. The first-order valence-electron chi connectivity index (χ1n) is 7.49. The number of nitrogens with one attached hydrogen (secondary N) is 1. The van der Waals surface area contributed by atoms with Gasteiger partial charge < -0.3 is 15.1 Å². The Labute approximate surface area is 141 Å². The van der Waals surface area contributed by atoms with Crippen molar-refractivity contribution in [3.63, 3.8) is 0 Å². The molecule has 0 aliphatic rings. The van der Waals surface area contributed by atoms with E-state index in [1.807, 2.05) is 56.3 Å². The van der Waals surface area contributed by atoms with E-state index in [9.17, 15) is 4.79 Å². The van der Waals surface area contributed by atoms with E-state index < -0.39 is 0 Å². The monoisotopic (exact) mass is 328 g/mol. The Morgan fingerprint density at radius 3 is 2.62 bits per heavy atom. The van der Waals surface area contributed by atoms with Crippen LogP contribution in [0, 0.1) is 6.92 Å². The summed E-state index contributed by atoms with van der Waals surface area (Å²) in [6.45, 7) is 3.39. The number of nitrogens with zero attached hydrogens (tertiary/aromatic N) is 4. The highest BCUT2D eigenvalue weighted by Gasteiger charge is 2.15. The fourth-order valence-electron chi connectivity index (χ4n) is 2.14. The number of carbonyl (C=O) groups excluding carboxylic acids is 1. The molecule has 0 bridgehead atoms. The lowest BCUT2D eigenvalue weighted by Crippen LogP contribution is -2.40. The van der Waals surface area contributed by atoms with Crippen molar-refractivity contribution in [1.82, 2.24) is 0 Å². The van der Waals surface area contributed by atoms with Crippen molar-refractivity contribution in [2.24, 2.45) is 10.2 Å². The van der Waals surface area contributed by atoms with Crippen LogP contribution in [-0.2, 0) is 4.79 Å². The third kappa shape index (κ3) is 4.07. The number of aryl methyl sites for hydroxylation is 1. The molecule has 0 saturated heterocycles. The molecule has 2 rings (SSSR count). The molecule has 1 aromatic carbocycles. The van der Waals surface area contributed by atoms with Gasteiger partial charge in [-0.1, -0.05) is 0 Å². The second kappa shape index (κ2) is 7.54. The Morgan fingerprint density at radius 1 is 1.25 bits per heavy atom. The summed E-state index contributed by atoms with van der Waals surface area (Å²) in [5.41, 5.74) is 3.06. The van der Waals surface area contributed by atoms with Crippen molar-refractivity contribution >= 4 is 28.8 Å². The van der Waals surface area contributed by atoms with Crippen LogP contribution in [0.1, 0.15) is 12.5 Å². The normalized spacial score (nSPS) is 10.7. The molecule has 24 heavy (non-hydrogen) atoms. The zero-order valence-electron chi connectivity index (χ0n) is 14.6. The van der Waals surface area contributed by atoms with Gasteiger partial charge in [0.1, 0.15) is 19.0 Å². The van der Waals surface area contributed by atoms with Crippen LogP contribution in [0.3, 0.4) is 0 Å². The minimum Gasteiger partial charge on any atom is -0.378 e. The molecule has 7 heteroatoms. The minimum absolute atomic E-state index is 0.162. The molecular formula is C17H22N5O2+. The van der Waals surface area contributed by atoms with Crippen LogP contribution in [-0.4, -0.2) is 27.1 Å². The average molecular weight is 328 g/mol. The fourth-order valence-corrected chi connectivity index (χ4v) is 2.14. The molecule has 1 N–H and O–H groups in total. The maximum atomic E-state index is 11.5. The van der Waals surface area contributed by atoms with Crippen LogP contribution in [0.25, 0.3) is 0 Å². The van der Waals surface area contributed by atoms with Crippen molar-refractivity contribution in [3.05, 3.63) is 42.1 Å². The molecule has 1 aromatic heterocycles. The fraction of sp³-hybridized carbons (Fsp3) is 0.294. The number of carbonyl (C=O) groups is 1. The summed E-state index contributed by atoms with van der Waals surface area (Å²) in [5, 5.41) is 11.4. The Morgan fingerprint density at radius 2 is 2.00 bits per heavy atom. The summed E-state index contributed by atoms with van der Waals surface area (Å²) in [4.78, 5) is 18.7. The third-order valence-electron chi connectivity index (χ3n) is 3.39. The second-order valence-corrected chi connectivity index (χ2v) is 5.50. The predicted octanol–water partition coefficient (Wildman–Crippen LogP) is 2.78. The molecule has 1 heterocycles. The summed E-state index contributed by atoms with van der Waals surface area (Å²) in [5.74, 6) is 0.427. The lowest BCUT2D eigenvalue weighted by atomic mass is 10.2. The van der Waals surface area contributed by atoms with Crippen LogP contribution < -0.4 is 19.8 Å². The maximum Gasteiger partial charge on any atom is 0.391 e. The summed E-state index contributed by atoms with van der Waals surface area (Å²) >= 11 is 0. The third-order valence-corrected chi connectivity index (χ3v) is 3.39. The van der Waals surface area contributed by atoms with Crippen LogP contribution in [0.4, 0.5) is 22.9 Å². The van der Waals surface area contributed by atoms with E-state index in [1.54, 1.807) is 13.3 Å². The van der Waals surface area contributed by atoms with E-state index >= 15 is 0 Å². The van der Waals surface area contributed by atoms with Gasteiger partial charge in [0.25, 0.3) is 0 Å². The first-order valence-corrected chi connectivity index (χ1v) is 7.49. The van der Waals surface area contributed by atoms with E-state index in [0.29, 0.717) is 17.2 Å². The van der Waals surface area contributed by atoms with E-state index in [2.05, 4.69) is 15.5 Å². The van der Waals surface area contributed by atoms with Gasteiger partial charge in [0.15, 0.2) is 0 Å². The van der Waals surface area contributed by atoms with Gasteiger partial charge in [-0.25, -0.2) is 0 Å². The van der Waals surface area contributed by atoms with Gasteiger partial charge in [-0.15, -0.1) is 0 Å². The van der Waals surface area contributed by atoms with Gasteiger partial charge in [0, 0.05) is 32.3 Å². The zero-order valence-corrected chi connectivity index (χ0v) is 14.6. The maximum absolute atomic E-state index is 11.5. The SMILES string of the molecule is CO[n+]1cccc(C)c1N=Nc1ccc(N(C)C)cc1NC(C)=O. The molecule has 0 aliphatic heterocycles. The summed E-state index contributed by atoms with van der Waals surface area (Å²) in [7, 11) is 5.43. The molecule has 1 amide bonds. The quantitative estimate of drug-likeness (QED) is 0.678. The van der Waals surface area contributed by atoms with Gasteiger partial charge in [0.2, 0.25) is 5.91 Å². The highest BCUT2D eigenvalue weighted by molar-refractivity contribution is 5.92. The largest absolute Gasteiger partial charge is 0.391 e. The Bertz CT molecular complexity index is 772. The predicted molar refractivity (Wildman–Crippen MR) is 93.1 cm³/mol. The standard InChI is InChI=1S/C17H21N5O2/c1-12-7-6-10-22(24-5)17(12)20-19-15-9-8-14(21(3)4)11-16(15)18-13(2)23/h6-11H,1-5H3/p+1. The number of pyridine rings is 1. The number of hydrogen-bond acceptors (Lipinski definition) is 5. The van der Waals surface area contributed by atoms with E-state index in [4.69, 9.17) is 4.84 Å². The number of rotatable bonds is 5. The van der Waals surface area contributed by atoms with Crippen LogP contribution >= 0.6 is 0 Å². The van der Waals surface area contributed by atoms with Gasteiger partial charge in [-0.2, -0.15) is 0 Å². The van der Waals surface area contributed by atoms with Gasteiger partial charge in [-0.05, 0) is 47.1 Å². The molecule has 0 radical (unpaired) electrons. The Balaban J connectivity index is 2.43. The van der Waals surface area contributed by atoms with Gasteiger partial charge >= 0.3 is 5.82 Å². The molecule has 0 atom stereocenters. The van der Waals surface area contributed by atoms with Crippen LogP contribution in [0.5, 0.6) is 0 Å². The molecular weight excluding hydrogens is 306 g/mol. The number of anilines is 2. The molecule has 126 valence electrons. The van der Waals surface area contributed by atoms with Crippen molar-refractivity contribution < 1.29 is 14.4 Å². The van der Waals surface area contributed by atoms with Gasteiger partial charge in [-0.3, -0.25) is 4.79 Å². The molecule has 2 aromatic rings. The topological polar surface area (TPSA) is 70.2 Å². The molecule has 7 nitrogen and oxygen atoms in total. The van der Waals surface area contributed by atoms with Crippen molar-refractivity contribution in [3.8, 4) is 0 Å². The van der Waals surface area contributed by atoms with Gasteiger partial charge in [0.05, 0.1) is 10.8 Å². The second-order valence-electron chi connectivity index (χ2n) is 5.50. The van der Waals surface area contributed by atoms with Crippen molar-refractivity contribution in [1.29, 1.82) is 0 Å². The number of aromatic nitrogens is 1. The lowest BCUT2D eigenvalue weighted by molar-refractivity contribution is -0.875. The lowest BCUT2D eigenvalue weighted by Gasteiger charge is -2.14. The van der Waals surface area contributed by atoms with Crippen molar-refractivity contribution in [2.45, 2.75) is 13.8 Å². The molecule has 0 saturated carbocycles. The highest BCUT2D eigenvalue weighted by atomic mass is 16.6. The van der Waals surface area contributed by atoms with Crippen LogP contribution in [0.15, 0.2) is 46.8 Å². The van der Waals surface area contributed by atoms with Crippen LogP contribution in [0.2, 0.25) is 0 Å². The number of azo groups is 1. The molecule has 0 aliphatic carbocycles. The first kappa shape index (κ1) is 17.4. The minimum atomic E-state index is -0.162. The molecule has 0 fully saturated rings. The zero-order chi connectivity index (χ0) is 17.7. The van der Waals surface area contributed by atoms with E-state index in [-0.39, 0.29) is 5.91 Å².